The van der Waals surface area contributed by atoms with Crippen molar-refractivity contribution in [3.8, 4) is 23.0 Å². The van der Waals surface area contributed by atoms with Crippen molar-refractivity contribution >= 4 is 12.0 Å². The van der Waals surface area contributed by atoms with Crippen LogP contribution in [0.25, 0.3) is 0 Å². The molecule has 1 N–H and O–H groups in total. The average molecular weight is 642 g/mol. The minimum absolute atomic E-state index is 0.0444. The largest absolute Gasteiger partial charge is 0.493 e. The number of hydrogen-bond donors (Lipinski definition) is 1. The zero-order chi connectivity index (χ0) is 32.5. The molecule has 244 valence electrons. The molecule has 1 aromatic heterocycles. The molecular formula is C34H35N5O8. The quantitative estimate of drug-likeness (QED) is 0.141. The zero-order valence-corrected chi connectivity index (χ0v) is 26.1. The number of ether oxygens (including phenoxy) is 4. The third-order valence-corrected chi connectivity index (χ3v) is 8.95. The lowest BCUT2D eigenvalue weighted by Gasteiger charge is -2.42. The van der Waals surface area contributed by atoms with Gasteiger partial charge in [0.05, 0.1) is 13.3 Å². The molecular weight excluding hydrogens is 606 g/mol. The van der Waals surface area contributed by atoms with Crippen LogP contribution in [0, 0.1) is 17.0 Å². The number of aliphatic hydroxyl groups is 1. The van der Waals surface area contributed by atoms with E-state index in [0.29, 0.717) is 36.9 Å². The highest BCUT2D eigenvalue weighted by atomic mass is 16.7. The number of aromatic nitrogens is 2. The Labute approximate surface area is 271 Å². The summed E-state index contributed by atoms with van der Waals surface area (Å²) >= 11 is 0. The summed E-state index contributed by atoms with van der Waals surface area (Å²) in [5.74, 6) is 2.80. The number of nitro groups is 1. The van der Waals surface area contributed by atoms with Crippen molar-refractivity contribution in [2.45, 2.75) is 51.6 Å². The molecule has 4 heterocycles. The molecule has 13 heteroatoms. The Balaban J connectivity index is 1.19. The van der Waals surface area contributed by atoms with E-state index in [1.807, 2.05) is 36.4 Å². The fourth-order valence-corrected chi connectivity index (χ4v) is 6.61. The maximum Gasteiger partial charge on any atom is 0.342 e. The van der Waals surface area contributed by atoms with E-state index in [4.69, 9.17) is 23.8 Å². The molecule has 0 aliphatic carbocycles. The van der Waals surface area contributed by atoms with Crippen molar-refractivity contribution in [3.05, 3.63) is 104 Å². The SMILES string of the molecule is COc1cc(/C=N/OCc2ccccc2)c2c(c1OCC(O)Cn1c([N+](=O)[O-])cnc1C)CN1CCc3cc4c(cc3C1C2)OCO4. The number of nitrogens with zero attached hydrogens (tertiary/aromatic N) is 5. The van der Waals surface area contributed by atoms with Crippen molar-refractivity contribution in [1.82, 2.24) is 14.5 Å². The van der Waals surface area contributed by atoms with E-state index in [2.05, 4.69) is 27.2 Å². The van der Waals surface area contributed by atoms with Gasteiger partial charge >= 0.3 is 5.82 Å². The molecule has 3 aliphatic rings. The van der Waals surface area contributed by atoms with Crippen molar-refractivity contribution in [2.24, 2.45) is 5.16 Å². The Kier molecular flexibility index (Phi) is 8.39. The van der Waals surface area contributed by atoms with Crippen LogP contribution in [0.4, 0.5) is 5.82 Å². The van der Waals surface area contributed by atoms with Crippen LogP contribution in [0.3, 0.4) is 0 Å². The summed E-state index contributed by atoms with van der Waals surface area (Å²) in [6.07, 6.45) is 3.39. The van der Waals surface area contributed by atoms with Gasteiger partial charge < -0.3 is 39.0 Å². The summed E-state index contributed by atoms with van der Waals surface area (Å²) in [6.45, 7) is 3.47. The summed E-state index contributed by atoms with van der Waals surface area (Å²) in [6, 6.07) is 16.0. The molecule has 0 saturated carbocycles. The number of aryl methyl sites for hydroxylation is 1. The Hall–Kier alpha value is -5.14. The summed E-state index contributed by atoms with van der Waals surface area (Å²) in [5, 5.41) is 26.7. The zero-order valence-electron chi connectivity index (χ0n) is 26.1. The summed E-state index contributed by atoms with van der Waals surface area (Å²) in [4.78, 5) is 23.1. The van der Waals surface area contributed by atoms with Gasteiger partial charge in [0, 0.05) is 37.2 Å². The minimum Gasteiger partial charge on any atom is -0.493 e. The van der Waals surface area contributed by atoms with E-state index in [-0.39, 0.29) is 31.8 Å². The second-order valence-electron chi connectivity index (χ2n) is 11.8. The van der Waals surface area contributed by atoms with Crippen LogP contribution in [0.2, 0.25) is 0 Å². The van der Waals surface area contributed by atoms with Crippen molar-refractivity contribution in [3.63, 3.8) is 0 Å². The number of benzene rings is 3. The Bertz CT molecular complexity index is 1830. The van der Waals surface area contributed by atoms with E-state index in [1.165, 1.54) is 21.9 Å². The standard InChI is InChI=1S/C34H35N5O8/c1-21-35-15-33(39(41)42)38(21)16-25(40)19-44-34-28-17-37-9-8-23-10-30-31(46-20-45-30)13-27(23)29(37)12-26(28)24(11-32(34)43-2)14-36-47-18-22-6-4-3-5-7-22/h3-7,10-11,13-15,25,29,40H,8-9,12,16-20H2,1-2H3/b36-14+. The molecule has 2 unspecified atom stereocenters. The van der Waals surface area contributed by atoms with Gasteiger partial charge in [-0.2, -0.15) is 0 Å². The van der Waals surface area contributed by atoms with Crippen LogP contribution in [-0.4, -0.2) is 63.9 Å². The number of oxime groups is 1. The summed E-state index contributed by atoms with van der Waals surface area (Å²) < 4.78 is 24.9. The number of fused-ring (bicyclic) bond motifs is 5. The number of imidazole rings is 1. The van der Waals surface area contributed by atoms with Gasteiger partial charge in [-0.25, -0.2) is 9.55 Å². The molecule has 7 rings (SSSR count). The Morgan fingerprint density at radius 3 is 2.79 bits per heavy atom. The van der Waals surface area contributed by atoms with Gasteiger partial charge in [-0.3, -0.25) is 4.90 Å². The lowest BCUT2D eigenvalue weighted by molar-refractivity contribution is -0.392. The highest BCUT2D eigenvalue weighted by Crippen LogP contribution is 2.47. The molecule has 2 atom stereocenters. The van der Waals surface area contributed by atoms with E-state index < -0.39 is 11.0 Å². The highest BCUT2D eigenvalue weighted by molar-refractivity contribution is 5.84. The number of rotatable bonds is 11. The van der Waals surface area contributed by atoms with Gasteiger partial charge in [0.1, 0.15) is 32.1 Å². The fraction of sp³-hybridized carbons (Fsp3) is 0.353. The van der Waals surface area contributed by atoms with Crippen LogP contribution >= 0.6 is 0 Å². The molecule has 4 aromatic rings. The predicted molar refractivity (Wildman–Crippen MR) is 170 cm³/mol. The van der Waals surface area contributed by atoms with Crippen LogP contribution in [0.15, 0.2) is 59.9 Å². The number of aliphatic hydroxyl groups excluding tert-OH is 1. The Morgan fingerprint density at radius 2 is 2.00 bits per heavy atom. The lowest BCUT2D eigenvalue weighted by atomic mass is 9.82. The number of hydrogen-bond acceptors (Lipinski definition) is 11. The molecule has 0 saturated heterocycles. The molecule has 0 radical (unpaired) electrons. The maximum atomic E-state index is 11.5. The number of methoxy groups -OCH3 is 1. The van der Waals surface area contributed by atoms with Gasteiger partial charge in [-0.1, -0.05) is 35.5 Å². The van der Waals surface area contributed by atoms with Crippen LogP contribution in [-0.2, 0) is 37.4 Å². The smallest absolute Gasteiger partial charge is 0.342 e. The monoisotopic (exact) mass is 641 g/mol. The van der Waals surface area contributed by atoms with E-state index >= 15 is 0 Å². The van der Waals surface area contributed by atoms with E-state index in [0.717, 1.165) is 46.7 Å². The van der Waals surface area contributed by atoms with Crippen molar-refractivity contribution < 1.29 is 33.8 Å². The molecule has 0 spiro atoms. The first kappa shape index (κ1) is 30.5. The molecule has 0 fully saturated rings. The summed E-state index contributed by atoms with van der Waals surface area (Å²) in [5.41, 5.74) is 6.28. The highest BCUT2D eigenvalue weighted by Gasteiger charge is 2.37. The lowest BCUT2D eigenvalue weighted by Crippen LogP contribution is -2.40. The third kappa shape index (κ3) is 6.07. The Morgan fingerprint density at radius 1 is 1.19 bits per heavy atom. The van der Waals surface area contributed by atoms with Crippen LogP contribution in [0.1, 0.15) is 45.2 Å². The maximum absolute atomic E-state index is 11.5. The topological polar surface area (TPSA) is 143 Å². The van der Waals surface area contributed by atoms with Crippen LogP contribution in [0.5, 0.6) is 23.0 Å². The first-order valence-electron chi connectivity index (χ1n) is 15.5. The van der Waals surface area contributed by atoms with Gasteiger partial charge in [0.2, 0.25) is 6.79 Å². The van der Waals surface area contributed by atoms with Gasteiger partial charge in [-0.05, 0) is 58.2 Å². The molecule has 47 heavy (non-hydrogen) atoms. The first-order valence-corrected chi connectivity index (χ1v) is 15.5. The van der Waals surface area contributed by atoms with E-state index in [1.54, 1.807) is 20.2 Å². The van der Waals surface area contributed by atoms with Crippen LogP contribution < -0.4 is 18.9 Å². The van der Waals surface area contributed by atoms with E-state index in [9.17, 15) is 15.2 Å². The second kappa shape index (κ2) is 12.9. The van der Waals surface area contributed by atoms with Gasteiger partial charge in [-0.15, -0.1) is 0 Å². The fourth-order valence-electron chi connectivity index (χ4n) is 6.61. The average Bonchev–Trinajstić information content (AvgIpc) is 3.70. The normalized spacial score (nSPS) is 17.1. The van der Waals surface area contributed by atoms with Gasteiger partial charge in [0.15, 0.2) is 28.8 Å². The summed E-state index contributed by atoms with van der Waals surface area (Å²) in [7, 11) is 1.57. The van der Waals surface area contributed by atoms with Crippen molar-refractivity contribution in [1.29, 1.82) is 0 Å². The third-order valence-electron chi connectivity index (χ3n) is 8.95. The molecule has 0 bridgehead atoms. The van der Waals surface area contributed by atoms with Gasteiger partial charge in [0.25, 0.3) is 0 Å². The minimum atomic E-state index is -1.04. The molecule has 13 nitrogen and oxygen atoms in total. The molecule has 3 aliphatic heterocycles. The molecule has 0 amide bonds. The second-order valence-corrected chi connectivity index (χ2v) is 11.8. The predicted octanol–water partition coefficient (Wildman–Crippen LogP) is 4.48. The van der Waals surface area contributed by atoms with Crippen molar-refractivity contribution in [2.75, 3.05) is 27.1 Å². The molecule has 3 aromatic carbocycles. The first-order chi connectivity index (χ1) is 22.9.